The fourth-order valence-corrected chi connectivity index (χ4v) is 2.52. The van der Waals surface area contributed by atoms with Crippen LogP contribution >= 0.6 is 0 Å². The van der Waals surface area contributed by atoms with E-state index in [4.69, 9.17) is 0 Å². The molecule has 0 unspecified atom stereocenters. The van der Waals surface area contributed by atoms with Gasteiger partial charge in [-0.2, -0.15) is 0 Å². The maximum Gasteiger partial charge on any atom is 0.293 e. The molecule has 0 aliphatic rings. The zero-order valence-electron chi connectivity index (χ0n) is 14.8. The number of rotatable bonds is 5. The van der Waals surface area contributed by atoms with Crippen molar-refractivity contribution in [2.24, 2.45) is 0 Å². The third kappa shape index (κ3) is 4.06. The number of nitro groups is 1. The molecular formula is C19H17N5O3. The summed E-state index contributed by atoms with van der Waals surface area (Å²) in [5.41, 5.74) is 2.72. The molecule has 0 saturated heterocycles. The van der Waals surface area contributed by atoms with E-state index in [-0.39, 0.29) is 17.2 Å². The number of aryl methyl sites for hydroxylation is 1. The molecule has 136 valence electrons. The number of amides is 1. The predicted octanol–water partition coefficient (Wildman–Crippen LogP) is 3.46. The molecule has 0 saturated carbocycles. The van der Waals surface area contributed by atoms with E-state index in [0.29, 0.717) is 17.2 Å². The van der Waals surface area contributed by atoms with Gasteiger partial charge in [0.05, 0.1) is 4.92 Å². The Bertz CT molecular complexity index is 1000. The molecule has 0 aliphatic carbocycles. The molecule has 8 nitrogen and oxygen atoms in total. The average Bonchev–Trinajstić information content (AvgIpc) is 2.68. The molecule has 8 heteroatoms. The number of carbonyl (C=O) groups is 1. The molecule has 2 N–H and O–H groups in total. The Morgan fingerprint density at radius 2 is 1.85 bits per heavy atom. The molecule has 0 spiro atoms. The maximum absolute atomic E-state index is 11.7. The molecule has 1 aromatic heterocycles. The van der Waals surface area contributed by atoms with Crippen molar-refractivity contribution in [3.05, 3.63) is 76.1 Å². The summed E-state index contributed by atoms with van der Waals surface area (Å²) >= 11 is 0. The molecule has 27 heavy (non-hydrogen) atoms. The number of hydrogen-bond acceptors (Lipinski definition) is 6. The van der Waals surface area contributed by atoms with Gasteiger partial charge in [0.2, 0.25) is 0 Å². The highest BCUT2D eigenvalue weighted by Crippen LogP contribution is 2.29. The molecule has 0 fully saturated rings. The van der Waals surface area contributed by atoms with E-state index in [9.17, 15) is 14.9 Å². The fraction of sp³-hybridized carbons (Fsp3) is 0.105. The second-order valence-corrected chi connectivity index (χ2v) is 5.79. The molecular weight excluding hydrogens is 346 g/mol. The van der Waals surface area contributed by atoms with Gasteiger partial charge in [-0.25, -0.2) is 9.97 Å². The minimum Gasteiger partial charge on any atom is -0.355 e. The van der Waals surface area contributed by atoms with Gasteiger partial charge in [-0.05, 0) is 49.4 Å². The summed E-state index contributed by atoms with van der Waals surface area (Å²) in [6, 6.07) is 13.4. The molecule has 0 radical (unpaired) electrons. The van der Waals surface area contributed by atoms with Crippen molar-refractivity contribution in [1.82, 2.24) is 15.3 Å². The highest BCUT2D eigenvalue weighted by molar-refractivity contribution is 5.95. The minimum absolute atomic E-state index is 0.179. The zero-order valence-corrected chi connectivity index (χ0v) is 14.8. The Balaban J connectivity index is 1.86. The lowest BCUT2D eigenvalue weighted by atomic mass is 10.1. The van der Waals surface area contributed by atoms with Crippen molar-refractivity contribution in [2.75, 3.05) is 12.4 Å². The Morgan fingerprint density at radius 3 is 2.48 bits per heavy atom. The summed E-state index contributed by atoms with van der Waals surface area (Å²) in [5.74, 6) is 0.231. The van der Waals surface area contributed by atoms with Crippen molar-refractivity contribution in [3.63, 3.8) is 0 Å². The van der Waals surface area contributed by atoms with E-state index < -0.39 is 4.92 Å². The van der Waals surface area contributed by atoms with Crippen LogP contribution in [0.4, 0.5) is 17.1 Å². The van der Waals surface area contributed by atoms with Crippen LogP contribution in [0.2, 0.25) is 0 Å². The van der Waals surface area contributed by atoms with Crippen molar-refractivity contribution >= 4 is 23.0 Å². The van der Waals surface area contributed by atoms with Gasteiger partial charge < -0.3 is 10.6 Å². The summed E-state index contributed by atoms with van der Waals surface area (Å²) in [4.78, 5) is 31.1. The molecule has 1 heterocycles. The smallest absolute Gasteiger partial charge is 0.293 e. The largest absolute Gasteiger partial charge is 0.355 e. The molecule has 0 atom stereocenters. The lowest BCUT2D eigenvalue weighted by Crippen LogP contribution is -2.17. The zero-order chi connectivity index (χ0) is 19.4. The van der Waals surface area contributed by atoms with Crippen LogP contribution < -0.4 is 10.6 Å². The molecule has 0 bridgehead atoms. The Labute approximate surface area is 155 Å². The molecule has 0 aliphatic heterocycles. The lowest BCUT2D eigenvalue weighted by Gasteiger charge is -2.09. The normalized spacial score (nSPS) is 10.3. The fourth-order valence-electron chi connectivity index (χ4n) is 2.52. The monoisotopic (exact) mass is 363 g/mol. The Kier molecular flexibility index (Phi) is 5.07. The van der Waals surface area contributed by atoms with Crippen molar-refractivity contribution in [2.45, 2.75) is 6.92 Å². The van der Waals surface area contributed by atoms with Crippen LogP contribution in [0.15, 0.2) is 54.7 Å². The van der Waals surface area contributed by atoms with Gasteiger partial charge in [-0.15, -0.1) is 0 Å². The van der Waals surface area contributed by atoms with E-state index in [1.54, 1.807) is 18.3 Å². The average molecular weight is 363 g/mol. The van der Waals surface area contributed by atoms with Crippen molar-refractivity contribution in [3.8, 4) is 11.4 Å². The van der Waals surface area contributed by atoms with Crippen LogP contribution in [-0.4, -0.2) is 27.8 Å². The van der Waals surface area contributed by atoms with Gasteiger partial charge in [-0.1, -0.05) is 0 Å². The number of benzene rings is 2. The van der Waals surface area contributed by atoms with Crippen LogP contribution in [0.3, 0.4) is 0 Å². The lowest BCUT2D eigenvalue weighted by molar-refractivity contribution is -0.383. The summed E-state index contributed by atoms with van der Waals surface area (Å²) in [6.07, 6.45) is 1.70. The van der Waals surface area contributed by atoms with E-state index in [1.165, 1.54) is 25.2 Å². The highest BCUT2D eigenvalue weighted by Gasteiger charge is 2.17. The molecule has 3 rings (SSSR count). The number of anilines is 2. The highest BCUT2D eigenvalue weighted by atomic mass is 16.6. The van der Waals surface area contributed by atoms with Crippen LogP contribution in [-0.2, 0) is 0 Å². The number of aromatic nitrogens is 2. The summed E-state index contributed by atoms with van der Waals surface area (Å²) < 4.78 is 0. The van der Waals surface area contributed by atoms with Gasteiger partial charge >= 0.3 is 0 Å². The number of nitrogens with one attached hydrogen (secondary N) is 2. The van der Waals surface area contributed by atoms with E-state index in [2.05, 4.69) is 20.6 Å². The first-order chi connectivity index (χ1) is 13.0. The van der Waals surface area contributed by atoms with Crippen LogP contribution in [0, 0.1) is 17.0 Å². The van der Waals surface area contributed by atoms with E-state index in [0.717, 1.165) is 11.3 Å². The minimum atomic E-state index is -0.524. The molecule has 1 amide bonds. The summed E-state index contributed by atoms with van der Waals surface area (Å²) in [6.45, 7) is 1.89. The second-order valence-electron chi connectivity index (χ2n) is 5.79. The standard InChI is InChI=1S/C19H17N5O3/c1-12-9-10-21-18(22-12)13-3-6-15(7-4-13)23-16-8-5-14(19(25)20-2)11-17(16)24(26)27/h3-11,23H,1-2H3,(H,20,25). The predicted molar refractivity (Wildman–Crippen MR) is 102 cm³/mol. The van der Waals surface area contributed by atoms with E-state index in [1.807, 2.05) is 25.1 Å². The Morgan fingerprint density at radius 1 is 1.11 bits per heavy atom. The van der Waals surface area contributed by atoms with Gasteiger partial charge in [0, 0.05) is 41.8 Å². The number of hydrogen-bond donors (Lipinski definition) is 2. The quantitative estimate of drug-likeness (QED) is 0.530. The van der Waals surface area contributed by atoms with Gasteiger partial charge in [0.25, 0.3) is 11.6 Å². The van der Waals surface area contributed by atoms with Gasteiger partial charge in [-0.3, -0.25) is 14.9 Å². The van der Waals surface area contributed by atoms with Crippen molar-refractivity contribution in [1.29, 1.82) is 0 Å². The van der Waals surface area contributed by atoms with Gasteiger partial charge in [0.1, 0.15) is 5.69 Å². The van der Waals surface area contributed by atoms with Crippen LogP contribution in [0.25, 0.3) is 11.4 Å². The van der Waals surface area contributed by atoms with Gasteiger partial charge in [0.15, 0.2) is 5.82 Å². The third-order valence-electron chi connectivity index (χ3n) is 3.90. The topological polar surface area (TPSA) is 110 Å². The maximum atomic E-state index is 11.7. The molecule has 2 aromatic carbocycles. The van der Waals surface area contributed by atoms with E-state index >= 15 is 0 Å². The Hall–Kier alpha value is -3.81. The second kappa shape index (κ2) is 7.61. The van der Waals surface area contributed by atoms with Crippen LogP contribution in [0.1, 0.15) is 16.1 Å². The first-order valence-corrected chi connectivity index (χ1v) is 8.15. The number of nitrogens with zero attached hydrogens (tertiary/aromatic N) is 3. The number of carbonyl (C=O) groups excluding carboxylic acids is 1. The number of nitro benzene ring substituents is 1. The third-order valence-corrected chi connectivity index (χ3v) is 3.90. The first kappa shape index (κ1) is 18.0. The van der Waals surface area contributed by atoms with Crippen molar-refractivity contribution < 1.29 is 9.72 Å². The summed E-state index contributed by atoms with van der Waals surface area (Å²) in [7, 11) is 1.47. The summed E-state index contributed by atoms with van der Waals surface area (Å²) in [5, 5.41) is 16.8. The SMILES string of the molecule is CNC(=O)c1ccc(Nc2ccc(-c3nccc(C)n3)cc2)c([N+](=O)[O-])c1. The first-order valence-electron chi connectivity index (χ1n) is 8.15. The molecule has 3 aromatic rings. The van der Waals surface area contributed by atoms with Crippen LogP contribution in [0.5, 0.6) is 0 Å².